The first kappa shape index (κ1) is 14.3. The van der Waals surface area contributed by atoms with Gasteiger partial charge in [-0.2, -0.15) is 0 Å². The van der Waals surface area contributed by atoms with E-state index in [2.05, 4.69) is 0 Å². The summed E-state index contributed by atoms with van der Waals surface area (Å²) in [4.78, 5) is 0. The van der Waals surface area contributed by atoms with Crippen LogP contribution < -0.4 is 9.47 Å². The summed E-state index contributed by atoms with van der Waals surface area (Å²) in [7, 11) is 0. The minimum Gasteiger partial charge on any atom is -0.490 e. The highest BCUT2D eigenvalue weighted by molar-refractivity contribution is 5.29. The molecule has 106 valence electrons. The van der Waals surface area contributed by atoms with Crippen molar-refractivity contribution < 1.29 is 19.0 Å². The van der Waals surface area contributed by atoms with E-state index in [1.807, 2.05) is 18.2 Å². The van der Waals surface area contributed by atoms with Crippen molar-refractivity contribution in [3.05, 3.63) is 59.9 Å². The molecule has 2 aromatic rings. The van der Waals surface area contributed by atoms with Crippen LogP contribution in [0.3, 0.4) is 0 Å². The average Bonchev–Trinajstić information content (AvgIpc) is 2.44. The van der Waals surface area contributed by atoms with Gasteiger partial charge in [-0.05, 0) is 36.8 Å². The Morgan fingerprint density at radius 1 is 1.00 bits per heavy atom. The number of hydrogen-bond acceptors (Lipinski definition) is 3. The Balaban J connectivity index is 1.80. The second-order valence-corrected chi connectivity index (χ2v) is 4.40. The molecule has 1 atom stereocenters. The second kappa shape index (κ2) is 6.91. The number of benzene rings is 2. The molecule has 0 heterocycles. The molecule has 0 aliphatic heterocycles. The monoisotopic (exact) mass is 276 g/mol. The fraction of sp³-hybridized carbons (Fsp3) is 0.250. The van der Waals surface area contributed by atoms with Crippen molar-refractivity contribution >= 4 is 0 Å². The fourth-order valence-corrected chi connectivity index (χ4v) is 1.74. The van der Waals surface area contributed by atoms with Crippen molar-refractivity contribution in [1.82, 2.24) is 0 Å². The van der Waals surface area contributed by atoms with E-state index >= 15 is 0 Å². The quantitative estimate of drug-likeness (QED) is 0.822. The molecule has 4 heteroatoms. The molecule has 0 aliphatic rings. The van der Waals surface area contributed by atoms with Crippen LogP contribution in [-0.4, -0.2) is 18.3 Å². The minimum atomic E-state index is -0.526. The highest BCUT2D eigenvalue weighted by Gasteiger charge is 2.02. The molecule has 1 unspecified atom stereocenters. The van der Waals surface area contributed by atoms with E-state index in [1.165, 1.54) is 12.1 Å². The summed E-state index contributed by atoms with van der Waals surface area (Å²) >= 11 is 0. The molecule has 0 bridgehead atoms. The van der Waals surface area contributed by atoms with Crippen LogP contribution in [0, 0.1) is 5.82 Å². The van der Waals surface area contributed by atoms with Crippen LogP contribution in [0.4, 0.5) is 4.39 Å². The van der Waals surface area contributed by atoms with E-state index in [1.54, 1.807) is 25.1 Å². The van der Waals surface area contributed by atoms with Gasteiger partial charge in [0.2, 0.25) is 0 Å². The largest absolute Gasteiger partial charge is 0.490 e. The first-order valence-electron chi connectivity index (χ1n) is 6.44. The number of rotatable bonds is 6. The predicted octanol–water partition coefficient (Wildman–Crippen LogP) is 3.34. The number of aliphatic hydroxyl groups is 1. The third-order valence-electron chi connectivity index (χ3n) is 2.76. The number of aliphatic hydroxyl groups excluding tert-OH is 1. The zero-order valence-electron chi connectivity index (χ0n) is 11.3. The number of hydrogen-bond donors (Lipinski definition) is 1. The fourth-order valence-electron chi connectivity index (χ4n) is 1.74. The van der Waals surface area contributed by atoms with Gasteiger partial charge >= 0.3 is 0 Å². The highest BCUT2D eigenvalue weighted by Crippen LogP contribution is 2.18. The zero-order valence-corrected chi connectivity index (χ0v) is 11.3. The van der Waals surface area contributed by atoms with Crippen molar-refractivity contribution in [2.24, 2.45) is 0 Å². The Morgan fingerprint density at radius 2 is 1.60 bits per heavy atom. The van der Waals surface area contributed by atoms with Gasteiger partial charge in [0.25, 0.3) is 0 Å². The molecule has 0 radical (unpaired) electrons. The molecular weight excluding hydrogens is 259 g/mol. The Labute approximate surface area is 117 Å². The molecule has 0 spiro atoms. The Bertz CT molecular complexity index is 555. The van der Waals surface area contributed by atoms with Gasteiger partial charge in [0.1, 0.15) is 30.5 Å². The molecule has 0 amide bonds. The SMILES string of the molecule is CC(O)c1cccc(OCCOc2cccc(F)c2)c1. The maximum absolute atomic E-state index is 12.9. The van der Waals surface area contributed by atoms with E-state index in [4.69, 9.17) is 9.47 Å². The van der Waals surface area contributed by atoms with Crippen molar-refractivity contribution in [3.63, 3.8) is 0 Å². The molecule has 20 heavy (non-hydrogen) atoms. The molecule has 0 aromatic heterocycles. The zero-order chi connectivity index (χ0) is 14.4. The van der Waals surface area contributed by atoms with Crippen molar-refractivity contribution in [2.45, 2.75) is 13.0 Å². The summed E-state index contributed by atoms with van der Waals surface area (Å²) in [6.45, 7) is 2.37. The molecule has 1 N–H and O–H groups in total. The molecular formula is C16H17FO3. The summed E-state index contributed by atoms with van der Waals surface area (Å²) < 4.78 is 23.8. The third kappa shape index (κ3) is 4.24. The molecule has 2 rings (SSSR count). The van der Waals surface area contributed by atoms with Gasteiger partial charge in [-0.3, -0.25) is 0 Å². The molecule has 0 saturated heterocycles. The topological polar surface area (TPSA) is 38.7 Å². The first-order valence-corrected chi connectivity index (χ1v) is 6.44. The van der Waals surface area contributed by atoms with Crippen molar-refractivity contribution in [3.8, 4) is 11.5 Å². The first-order chi connectivity index (χ1) is 9.65. The van der Waals surface area contributed by atoms with Crippen LogP contribution in [0.1, 0.15) is 18.6 Å². The average molecular weight is 276 g/mol. The van der Waals surface area contributed by atoms with Gasteiger partial charge in [0.05, 0.1) is 6.10 Å². The molecule has 0 aliphatic carbocycles. The summed E-state index contributed by atoms with van der Waals surface area (Å²) in [6.07, 6.45) is -0.526. The molecule has 0 saturated carbocycles. The van der Waals surface area contributed by atoms with Crippen LogP contribution in [-0.2, 0) is 0 Å². The highest BCUT2D eigenvalue weighted by atomic mass is 19.1. The van der Waals surface area contributed by atoms with Crippen molar-refractivity contribution in [1.29, 1.82) is 0 Å². The maximum Gasteiger partial charge on any atom is 0.126 e. The lowest BCUT2D eigenvalue weighted by Gasteiger charge is -2.10. The lowest BCUT2D eigenvalue weighted by atomic mass is 10.1. The van der Waals surface area contributed by atoms with Gasteiger partial charge in [-0.1, -0.05) is 18.2 Å². The molecule has 0 fully saturated rings. The third-order valence-corrected chi connectivity index (χ3v) is 2.76. The summed E-state index contributed by atoms with van der Waals surface area (Å²) in [5.74, 6) is 0.825. The van der Waals surface area contributed by atoms with E-state index in [0.29, 0.717) is 24.7 Å². The van der Waals surface area contributed by atoms with Crippen molar-refractivity contribution in [2.75, 3.05) is 13.2 Å². The Hall–Kier alpha value is -2.07. The summed E-state index contributed by atoms with van der Waals surface area (Å²) in [5.41, 5.74) is 0.800. The molecule has 3 nitrogen and oxygen atoms in total. The summed E-state index contributed by atoms with van der Waals surface area (Å²) in [6, 6.07) is 13.2. The van der Waals surface area contributed by atoms with Crippen LogP contribution in [0.15, 0.2) is 48.5 Å². The summed E-state index contributed by atoms with van der Waals surface area (Å²) in [5, 5.41) is 9.48. The van der Waals surface area contributed by atoms with Gasteiger partial charge in [0, 0.05) is 6.07 Å². The maximum atomic E-state index is 12.9. The van der Waals surface area contributed by atoms with E-state index in [-0.39, 0.29) is 5.82 Å². The standard InChI is InChI=1S/C16H17FO3/c1-12(18)13-4-2-6-15(10-13)19-8-9-20-16-7-3-5-14(17)11-16/h2-7,10-12,18H,8-9H2,1H3. The minimum absolute atomic E-state index is 0.322. The Kier molecular flexibility index (Phi) is 4.96. The number of ether oxygens (including phenoxy) is 2. The smallest absolute Gasteiger partial charge is 0.126 e. The van der Waals surface area contributed by atoms with Crippen LogP contribution in [0.25, 0.3) is 0 Å². The van der Waals surface area contributed by atoms with Gasteiger partial charge in [0.15, 0.2) is 0 Å². The van der Waals surface area contributed by atoms with E-state index < -0.39 is 6.10 Å². The van der Waals surface area contributed by atoms with E-state index in [9.17, 15) is 9.50 Å². The van der Waals surface area contributed by atoms with Crippen LogP contribution in [0.2, 0.25) is 0 Å². The van der Waals surface area contributed by atoms with Crippen LogP contribution in [0.5, 0.6) is 11.5 Å². The second-order valence-electron chi connectivity index (χ2n) is 4.40. The number of halogens is 1. The lowest BCUT2D eigenvalue weighted by Crippen LogP contribution is -2.09. The Morgan fingerprint density at radius 3 is 2.20 bits per heavy atom. The van der Waals surface area contributed by atoms with Gasteiger partial charge < -0.3 is 14.6 Å². The van der Waals surface area contributed by atoms with Gasteiger partial charge in [-0.25, -0.2) is 4.39 Å². The molecule has 2 aromatic carbocycles. The predicted molar refractivity (Wildman–Crippen MR) is 74.5 cm³/mol. The van der Waals surface area contributed by atoms with E-state index in [0.717, 1.165) is 5.56 Å². The normalized spacial score (nSPS) is 11.9. The van der Waals surface area contributed by atoms with Crippen LogP contribution >= 0.6 is 0 Å². The lowest BCUT2D eigenvalue weighted by molar-refractivity contribution is 0.196. The van der Waals surface area contributed by atoms with Gasteiger partial charge in [-0.15, -0.1) is 0 Å².